The van der Waals surface area contributed by atoms with E-state index in [1.807, 2.05) is 0 Å². The van der Waals surface area contributed by atoms with Gasteiger partial charge in [0.2, 0.25) is 0 Å². The lowest BCUT2D eigenvalue weighted by Gasteiger charge is -2.40. The van der Waals surface area contributed by atoms with Crippen molar-refractivity contribution in [3.63, 3.8) is 0 Å². The molecule has 70 valence electrons. The van der Waals surface area contributed by atoms with Gasteiger partial charge in [-0.05, 0) is 12.8 Å². The molecule has 5 heteroatoms. The van der Waals surface area contributed by atoms with Crippen molar-refractivity contribution in [1.82, 2.24) is 5.32 Å². The van der Waals surface area contributed by atoms with Gasteiger partial charge in [0.05, 0.1) is 6.10 Å². The highest BCUT2D eigenvalue weighted by Crippen LogP contribution is 2.34. The molecule has 0 aliphatic carbocycles. The minimum absolute atomic E-state index is 0.298. The molecule has 2 heterocycles. The Kier molecular flexibility index (Phi) is 1.68. The Hall–Kier alpha value is -0.200. The molecule has 1 unspecified atom stereocenters. The van der Waals surface area contributed by atoms with Crippen molar-refractivity contribution in [2.75, 3.05) is 0 Å². The Labute approximate surface area is 69.6 Å². The van der Waals surface area contributed by atoms with E-state index in [0.29, 0.717) is 12.8 Å². The molecule has 0 saturated carbocycles. The van der Waals surface area contributed by atoms with Gasteiger partial charge in [-0.15, -0.1) is 0 Å². The first-order chi connectivity index (χ1) is 5.54. The van der Waals surface area contributed by atoms with Crippen LogP contribution in [0.2, 0.25) is 0 Å². The molecule has 5 atom stereocenters. The smallest absolute Gasteiger partial charge is 0.145 e. The van der Waals surface area contributed by atoms with Gasteiger partial charge in [0, 0.05) is 6.04 Å². The van der Waals surface area contributed by atoms with Crippen LogP contribution in [0, 0.1) is 0 Å². The molecule has 0 aromatic carbocycles. The van der Waals surface area contributed by atoms with Crippen molar-refractivity contribution < 1.29 is 20.4 Å². The first-order valence-electron chi connectivity index (χ1n) is 4.09. The maximum Gasteiger partial charge on any atom is 0.145 e. The lowest BCUT2D eigenvalue weighted by Crippen LogP contribution is -2.67. The van der Waals surface area contributed by atoms with Crippen molar-refractivity contribution in [3.05, 3.63) is 0 Å². The molecular weight excluding hydrogens is 162 g/mol. The van der Waals surface area contributed by atoms with Gasteiger partial charge in [0.15, 0.2) is 0 Å². The average Bonchev–Trinajstić information content (AvgIpc) is 2.41. The Bertz CT molecular complexity index is 200. The number of fused-ring (bicyclic) bond motifs is 2. The van der Waals surface area contributed by atoms with E-state index in [2.05, 4.69) is 5.32 Å². The van der Waals surface area contributed by atoms with Crippen molar-refractivity contribution in [1.29, 1.82) is 0 Å². The van der Waals surface area contributed by atoms with Crippen molar-refractivity contribution >= 4 is 0 Å². The van der Waals surface area contributed by atoms with Gasteiger partial charge in [0.25, 0.3) is 0 Å². The zero-order valence-electron chi connectivity index (χ0n) is 6.51. The molecule has 2 fully saturated rings. The van der Waals surface area contributed by atoms with Gasteiger partial charge in [-0.3, -0.25) is 5.32 Å². The fourth-order valence-corrected chi connectivity index (χ4v) is 2.04. The first kappa shape index (κ1) is 8.40. The quantitative estimate of drug-likeness (QED) is 0.281. The molecule has 2 bridgehead atoms. The molecule has 0 aromatic rings. The summed E-state index contributed by atoms with van der Waals surface area (Å²) >= 11 is 0. The monoisotopic (exact) mass is 175 g/mol. The lowest BCUT2D eigenvalue weighted by molar-refractivity contribution is -0.186. The third-order valence-corrected chi connectivity index (χ3v) is 2.85. The predicted octanol–water partition coefficient (Wildman–Crippen LogP) is -2.48. The lowest BCUT2D eigenvalue weighted by atomic mass is 9.94. The molecule has 5 nitrogen and oxygen atoms in total. The highest BCUT2D eigenvalue weighted by atomic mass is 16.4. The summed E-state index contributed by atoms with van der Waals surface area (Å²) in [4.78, 5) is 0. The van der Waals surface area contributed by atoms with E-state index in [0.717, 1.165) is 0 Å². The topological polar surface area (TPSA) is 93.0 Å². The van der Waals surface area contributed by atoms with E-state index in [4.69, 9.17) is 0 Å². The maximum absolute atomic E-state index is 9.65. The zero-order valence-corrected chi connectivity index (χ0v) is 6.51. The van der Waals surface area contributed by atoms with Gasteiger partial charge in [-0.25, -0.2) is 0 Å². The van der Waals surface area contributed by atoms with Crippen molar-refractivity contribution in [2.24, 2.45) is 0 Å². The molecule has 12 heavy (non-hydrogen) atoms. The third-order valence-electron chi connectivity index (χ3n) is 2.85. The van der Waals surface area contributed by atoms with E-state index >= 15 is 0 Å². The summed E-state index contributed by atoms with van der Waals surface area (Å²) < 4.78 is 0. The number of piperidine rings is 1. The number of aliphatic hydroxyl groups excluding tert-OH is 3. The normalized spacial score (nSPS) is 59.0. The summed E-state index contributed by atoms with van der Waals surface area (Å²) in [6.07, 6.45) is -2.59. The molecule has 0 spiro atoms. The van der Waals surface area contributed by atoms with Crippen molar-refractivity contribution in [3.8, 4) is 0 Å². The summed E-state index contributed by atoms with van der Waals surface area (Å²) in [5.41, 5.74) is -1.40. The number of nitrogens with one attached hydrogen (secondary N) is 1. The van der Waals surface area contributed by atoms with Crippen LogP contribution in [0.4, 0.5) is 0 Å². The molecule has 2 aliphatic heterocycles. The largest absolute Gasteiger partial charge is 0.389 e. The van der Waals surface area contributed by atoms with E-state index in [-0.39, 0.29) is 6.04 Å². The maximum atomic E-state index is 9.65. The minimum Gasteiger partial charge on any atom is -0.389 e. The highest BCUT2D eigenvalue weighted by Gasteiger charge is 2.55. The standard InChI is InChI=1S/C7H13NO4/c9-4-3-1-2-7(12,8-3)6(11)5(4)10/h3-6,8-12H,1-2H2/t3?,4-,5-,6-,7-/m0/s1. The van der Waals surface area contributed by atoms with Crippen LogP contribution in [0.15, 0.2) is 0 Å². The summed E-state index contributed by atoms with van der Waals surface area (Å²) in [6.45, 7) is 0. The molecular formula is C7H13NO4. The summed E-state index contributed by atoms with van der Waals surface area (Å²) in [6, 6.07) is -0.298. The number of hydrogen-bond donors (Lipinski definition) is 5. The Morgan fingerprint density at radius 2 is 1.83 bits per heavy atom. The van der Waals surface area contributed by atoms with Crippen molar-refractivity contribution in [2.45, 2.75) is 42.9 Å². The van der Waals surface area contributed by atoms with E-state index in [1.165, 1.54) is 0 Å². The van der Waals surface area contributed by atoms with Crippen LogP contribution in [0.5, 0.6) is 0 Å². The molecule has 0 aromatic heterocycles. The molecule has 2 aliphatic rings. The van der Waals surface area contributed by atoms with E-state index < -0.39 is 24.0 Å². The molecule has 2 saturated heterocycles. The van der Waals surface area contributed by atoms with Crippen LogP contribution < -0.4 is 5.32 Å². The number of aliphatic hydroxyl groups is 4. The minimum atomic E-state index is -1.40. The molecule has 2 rings (SSSR count). The highest BCUT2D eigenvalue weighted by molar-refractivity contribution is 5.07. The van der Waals surface area contributed by atoms with Crippen LogP contribution >= 0.6 is 0 Å². The van der Waals surface area contributed by atoms with E-state index in [9.17, 15) is 20.4 Å². The predicted molar refractivity (Wildman–Crippen MR) is 39.1 cm³/mol. The molecule has 5 N–H and O–H groups in total. The molecule has 0 radical (unpaired) electrons. The van der Waals surface area contributed by atoms with Crippen LogP contribution in [0.1, 0.15) is 12.8 Å². The van der Waals surface area contributed by atoms with Gasteiger partial charge in [-0.2, -0.15) is 0 Å². The van der Waals surface area contributed by atoms with Crippen LogP contribution in [0.25, 0.3) is 0 Å². The van der Waals surface area contributed by atoms with Crippen LogP contribution in [0.3, 0.4) is 0 Å². The van der Waals surface area contributed by atoms with Gasteiger partial charge < -0.3 is 20.4 Å². The first-order valence-corrected chi connectivity index (χ1v) is 4.09. The molecule has 0 amide bonds. The second kappa shape index (κ2) is 2.40. The summed E-state index contributed by atoms with van der Waals surface area (Å²) in [7, 11) is 0. The zero-order chi connectivity index (χ0) is 8.93. The Morgan fingerprint density at radius 3 is 2.50 bits per heavy atom. The fourth-order valence-electron chi connectivity index (χ4n) is 2.04. The van der Waals surface area contributed by atoms with Gasteiger partial charge >= 0.3 is 0 Å². The Balaban J connectivity index is 2.25. The average molecular weight is 175 g/mol. The van der Waals surface area contributed by atoms with Crippen LogP contribution in [-0.2, 0) is 0 Å². The third kappa shape index (κ3) is 0.915. The SMILES string of the molecule is O[C@H]1[C@@H](O)C2CC[C@@](O)(N2)[C@H]1O. The van der Waals surface area contributed by atoms with Gasteiger partial charge in [0.1, 0.15) is 17.9 Å². The second-order valence-corrected chi connectivity index (χ2v) is 3.64. The number of rotatable bonds is 0. The number of hydrogen-bond acceptors (Lipinski definition) is 5. The summed E-state index contributed by atoms with van der Waals surface area (Å²) in [5.74, 6) is 0. The Morgan fingerprint density at radius 1 is 1.17 bits per heavy atom. The van der Waals surface area contributed by atoms with Crippen LogP contribution in [-0.4, -0.2) is 50.5 Å². The summed E-state index contributed by atoms with van der Waals surface area (Å²) in [5, 5.41) is 40.4. The van der Waals surface area contributed by atoms with Gasteiger partial charge in [-0.1, -0.05) is 0 Å². The fraction of sp³-hybridized carbons (Fsp3) is 1.00. The van der Waals surface area contributed by atoms with E-state index in [1.54, 1.807) is 0 Å². The second-order valence-electron chi connectivity index (χ2n) is 3.64.